The van der Waals surface area contributed by atoms with Crippen LogP contribution in [-0.4, -0.2) is 6.61 Å². The second kappa shape index (κ2) is 4.67. The normalized spacial score (nSPS) is 16.0. The zero-order valence-electron chi connectivity index (χ0n) is 10.9. The monoisotopic (exact) mass is 236 g/mol. The predicted molar refractivity (Wildman–Crippen MR) is 67.8 cm³/mol. The molecule has 1 aromatic carbocycles. The Labute approximate surface area is 103 Å². The molecule has 1 aromatic rings. The summed E-state index contributed by atoms with van der Waals surface area (Å²) in [7, 11) is 0. The van der Waals surface area contributed by atoms with E-state index in [0.717, 1.165) is 24.3 Å². The summed E-state index contributed by atoms with van der Waals surface area (Å²) in [5.74, 6) is 1.21. The standard InChI is InChI=1S/C15H21FO/c1-15(2,3)9-12-6-7-13(16)8-14(12)17-10-11-4-5-11/h6-8,11H,4-5,9-10H2,1-3H3. The lowest BCUT2D eigenvalue weighted by atomic mass is 9.88. The van der Waals surface area contributed by atoms with Gasteiger partial charge in [-0.2, -0.15) is 0 Å². The minimum absolute atomic E-state index is 0.190. The fraction of sp³-hybridized carbons (Fsp3) is 0.600. The molecular formula is C15H21FO. The number of ether oxygens (including phenoxy) is 1. The van der Waals surface area contributed by atoms with Crippen LogP contribution in [0.2, 0.25) is 0 Å². The third-order valence-corrected chi connectivity index (χ3v) is 2.92. The van der Waals surface area contributed by atoms with Crippen molar-refractivity contribution in [2.45, 2.75) is 40.0 Å². The van der Waals surface area contributed by atoms with Crippen LogP contribution < -0.4 is 4.74 Å². The molecule has 0 unspecified atom stereocenters. The second-order valence-electron chi connectivity index (χ2n) is 6.24. The van der Waals surface area contributed by atoms with Crippen LogP contribution in [0.5, 0.6) is 5.75 Å². The van der Waals surface area contributed by atoms with Crippen molar-refractivity contribution in [3.8, 4) is 5.75 Å². The molecule has 0 aromatic heterocycles. The number of benzene rings is 1. The van der Waals surface area contributed by atoms with E-state index in [1.54, 1.807) is 0 Å². The number of rotatable bonds is 4. The van der Waals surface area contributed by atoms with Crippen LogP contribution in [0.15, 0.2) is 18.2 Å². The average Bonchev–Trinajstić information content (AvgIpc) is 3.00. The van der Waals surface area contributed by atoms with Gasteiger partial charge in [-0.05, 0) is 42.2 Å². The summed E-state index contributed by atoms with van der Waals surface area (Å²) in [6.45, 7) is 7.28. The molecule has 17 heavy (non-hydrogen) atoms. The predicted octanol–water partition coefficient (Wildman–Crippen LogP) is 4.20. The summed E-state index contributed by atoms with van der Waals surface area (Å²) in [4.78, 5) is 0. The van der Waals surface area contributed by atoms with E-state index in [4.69, 9.17) is 4.74 Å². The molecule has 0 atom stereocenters. The van der Waals surface area contributed by atoms with Gasteiger partial charge in [0, 0.05) is 6.07 Å². The number of hydrogen-bond donors (Lipinski definition) is 0. The van der Waals surface area contributed by atoms with E-state index in [2.05, 4.69) is 20.8 Å². The number of hydrogen-bond acceptors (Lipinski definition) is 1. The Hall–Kier alpha value is -1.05. The van der Waals surface area contributed by atoms with Gasteiger partial charge < -0.3 is 4.74 Å². The van der Waals surface area contributed by atoms with Gasteiger partial charge in [0.1, 0.15) is 11.6 Å². The Balaban J connectivity index is 2.11. The third-order valence-electron chi connectivity index (χ3n) is 2.92. The maximum Gasteiger partial charge on any atom is 0.126 e. The van der Waals surface area contributed by atoms with Crippen LogP contribution in [-0.2, 0) is 6.42 Å². The lowest BCUT2D eigenvalue weighted by Crippen LogP contribution is -2.11. The summed E-state index contributed by atoms with van der Waals surface area (Å²) in [5, 5.41) is 0. The SMILES string of the molecule is CC(C)(C)Cc1ccc(F)cc1OCC1CC1. The maximum atomic E-state index is 13.2. The Morgan fingerprint density at radius 1 is 1.29 bits per heavy atom. The highest BCUT2D eigenvalue weighted by Gasteiger charge is 2.23. The molecule has 2 heteroatoms. The Morgan fingerprint density at radius 3 is 2.59 bits per heavy atom. The van der Waals surface area contributed by atoms with Gasteiger partial charge >= 0.3 is 0 Å². The lowest BCUT2D eigenvalue weighted by Gasteiger charge is -2.20. The zero-order valence-corrected chi connectivity index (χ0v) is 10.9. The molecule has 0 N–H and O–H groups in total. The molecule has 0 bridgehead atoms. The van der Waals surface area contributed by atoms with Gasteiger partial charge in [0.2, 0.25) is 0 Å². The Morgan fingerprint density at radius 2 is 2.00 bits per heavy atom. The largest absolute Gasteiger partial charge is 0.493 e. The van der Waals surface area contributed by atoms with Gasteiger partial charge in [-0.25, -0.2) is 4.39 Å². The lowest BCUT2D eigenvalue weighted by molar-refractivity contribution is 0.290. The van der Waals surface area contributed by atoms with Crippen LogP contribution in [0.1, 0.15) is 39.2 Å². The first-order valence-electron chi connectivity index (χ1n) is 6.35. The first-order valence-corrected chi connectivity index (χ1v) is 6.35. The van der Waals surface area contributed by atoms with Crippen molar-refractivity contribution >= 4 is 0 Å². The van der Waals surface area contributed by atoms with E-state index in [9.17, 15) is 4.39 Å². The summed E-state index contributed by atoms with van der Waals surface area (Å²) < 4.78 is 19.0. The van der Waals surface area contributed by atoms with Crippen molar-refractivity contribution in [2.75, 3.05) is 6.61 Å². The molecule has 0 heterocycles. The molecule has 1 aliphatic carbocycles. The van der Waals surface area contributed by atoms with Gasteiger partial charge in [-0.15, -0.1) is 0 Å². The Kier molecular flexibility index (Phi) is 3.41. The van der Waals surface area contributed by atoms with Crippen molar-refractivity contribution in [3.05, 3.63) is 29.6 Å². The first-order chi connectivity index (χ1) is 7.94. The molecule has 1 fully saturated rings. The summed E-state index contributed by atoms with van der Waals surface area (Å²) in [6.07, 6.45) is 3.42. The molecule has 94 valence electrons. The topological polar surface area (TPSA) is 9.23 Å². The maximum absolute atomic E-state index is 13.2. The van der Waals surface area contributed by atoms with Crippen molar-refractivity contribution in [3.63, 3.8) is 0 Å². The molecule has 1 aliphatic rings. The van der Waals surface area contributed by atoms with Crippen LogP contribution in [0.25, 0.3) is 0 Å². The third kappa shape index (κ3) is 4.03. The van der Waals surface area contributed by atoms with Crippen LogP contribution in [0.4, 0.5) is 4.39 Å². The van der Waals surface area contributed by atoms with E-state index >= 15 is 0 Å². The van der Waals surface area contributed by atoms with Gasteiger partial charge in [0.15, 0.2) is 0 Å². The zero-order chi connectivity index (χ0) is 12.5. The molecule has 2 rings (SSSR count). The molecule has 1 saturated carbocycles. The molecule has 0 radical (unpaired) electrons. The van der Waals surface area contributed by atoms with Gasteiger partial charge in [0.25, 0.3) is 0 Å². The van der Waals surface area contributed by atoms with Gasteiger partial charge in [-0.3, -0.25) is 0 Å². The molecule has 0 spiro atoms. The van der Waals surface area contributed by atoms with Crippen molar-refractivity contribution in [1.29, 1.82) is 0 Å². The molecule has 0 saturated heterocycles. The van der Waals surface area contributed by atoms with Gasteiger partial charge in [-0.1, -0.05) is 26.8 Å². The van der Waals surface area contributed by atoms with Crippen LogP contribution in [0, 0.1) is 17.2 Å². The smallest absolute Gasteiger partial charge is 0.126 e. The van der Waals surface area contributed by atoms with Crippen molar-refractivity contribution in [2.24, 2.45) is 11.3 Å². The number of halogens is 1. The van der Waals surface area contributed by atoms with Crippen LogP contribution in [0.3, 0.4) is 0 Å². The van der Waals surface area contributed by atoms with Crippen molar-refractivity contribution < 1.29 is 9.13 Å². The fourth-order valence-electron chi connectivity index (χ4n) is 1.87. The average molecular weight is 236 g/mol. The van der Waals surface area contributed by atoms with Crippen LogP contribution >= 0.6 is 0 Å². The second-order valence-corrected chi connectivity index (χ2v) is 6.24. The van der Waals surface area contributed by atoms with E-state index < -0.39 is 0 Å². The highest BCUT2D eigenvalue weighted by atomic mass is 19.1. The minimum atomic E-state index is -0.214. The molecule has 1 nitrogen and oxygen atoms in total. The fourth-order valence-corrected chi connectivity index (χ4v) is 1.87. The summed E-state index contributed by atoms with van der Waals surface area (Å²) in [6, 6.07) is 4.89. The van der Waals surface area contributed by atoms with Gasteiger partial charge in [0.05, 0.1) is 6.61 Å². The van der Waals surface area contributed by atoms with E-state index in [0.29, 0.717) is 5.92 Å². The molecular weight excluding hydrogens is 215 g/mol. The summed E-state index contributed by atoms with van der Waals surface area (Å²) in [5.41, 5.74) is 1.30. The van der Waals surface area contributed by atoms with E-state index in [1.807, 2.05) is 6.07 Å². The highest BCUT2D eigenvalue weighted by molar-refractivity contribution is 5.34. The van der Waals surface area contributed by atoms with E-state index in [1.165, 1.54) is 25.0 Å². The first kappa shape index (κ1) is 12.4. The quantitative estimate of drug-likeness (QED) is 0.761. The van der Waals surface area contributed by atoms with Crippen molar-refractivity contribution in [1.82, 2.24) is 0 Å². The summed E-state index contributed by atoms with van der Waals surface area (Å²) >= 11 is 0. The molecule has 0 amide bonds. The van der Waals surface area contributed by atoms with E-state index in [-0.39, 0.29) is 11.2 Å². The highest BCUT2D eigenvalue weighted by Crippen LogP contribution is 2.32. The molecule has 0 aliphatic heterocycles. The Bertz CT molecular complexity index is 388. The minimum Gasteiger partial charge on any atom is -0.493 e.